The van der Waals surface area contributed by atoms with Crippen LogP contribution in [0.5, 0.6) is 17.2 Å². The molecule has 8 heteroatoms. The molecule has 148 valence electrons. The van der Waals surface area contributed by atoms with E-state index in [2.05, 4.69) is 25.3 Å². The first kappa shape index (κ1) is 18.7. The first-order chi connectivity index (χ1) is 14.0. The third-order valence-corrected chi connectivity index (χ3v) is 4.67. The van der Waals surface area contributed by atoms with Gasteiger partial charge < -0.3 is 19.9 Å². The molecular formula is C21H21N5O3. The van der Waals surface area contributed by atoms with Gasteiger partial charge in [-0.1, -0.05) is 6.07 Å². The van der Waals surface area contributed by atoms with Crippen molar-refractivity contribution in [1.29, 1.82) is 0 Å². The summed E-state index contributed by atoms with van der Waals surface area (Å²) in [7, 11) is 1.58. The SMILES string of the molecule is COc1cc2c(Nc3ccc(C)c(O)c3)ncnc2cc1OCC1(C)N=CC=N1. The topological polar surface area (TPSA) is 101 Å². The first-order valence-electron chi connectivity index (χ1n) is 9.09. The Bertz CT molecular complexity index is 1110. The van der Waals surface area contributed by atoms with Crippen molar-refractivity contribution in [2.75, 3.05) is 19.0 Å². The molecule has 1 aromatic heterocycles. The number of fused-ring (bicyclic) bond motifs is 1. The summed E-state index contributed by atoms with van der Waals surface area (Å²) in [5.41, 5.74) is 1.58. The van der Waals surface area contributed by atoms with Crippen LogP contribution in [0.25, 0.3) is 10.9 Å². The Kier molecular flexibility index (Phi) is 4.75. The zero-order chi connectivity index (χ0) is 20.4. The summed E-state index contributed by atoms with van der Waals surface area (Å²) in [5, 5.41) is 13.9. The molecule has 0 spiro atoms. The summed E-state index contributed by atoms with van der Waals surface area (Å²) in [6.07, 6.45) is 4.80. The number of aromatic nitrogens is 2. The van der Waals surface area contributed by atoms with Crippen LogP contribution in [0.15, 0.2) is 46.6 Å². The molecule has 0 atom stereocenters. The number of rotatable bonds is 6. The van der Waals surface area contributed by atoms with Crippen molar-refractivity contribution in [2.24, 2.45) is 9.98 Å². The number of methoxy groups -OCH3 is 1. The third-order valence-electron chi connectivity index (χ3n) is 4.67. The number of hydrogen-bond donors (Lipinski definition) is 2. The number of anilines is 2. The Labute approximate surface area is 168 Å². The van der Waals surface area contributed by atoms with Gasteiger partial charge in [-0.3, -0.25) is 9.98 Å². The van der Waals surface area contributed by atoms with Gasteiger partial charge in [-0.05, 0) is 31.5 Å². The Balaban J connectivity index is 1.66. The van der Waals surface area contributed by atoms with Crippen LogP contribution in [-0.2, 0) is 0 Å². The molecular weight excluding hydrogens is 370 g/mol. The van der Waals surface area contributed by atoms with Gasteiger partial charge in [-0.25, -0.2) is 9.97 Å². The number of aryl methyl sites for hydroxylation is 1. The lowest BCUT2D eigenvalue weighted by atomic mass is 10.1. The Morgan fingerprint density at radius 3 is 2.59 bits per heavy atom. The maximum Gasteiger partial charge on any atom is 0.180 e. The molecule has 0 bridgehead atoms. The predicted molar refractivity (Wildman–Crippen MR) is 113 cm³/mol. The summed E-state index contributed by atoms with van der Waals surface area (Å²) >= 11 is 0. The van der Waals surface area contributed by atoms with Gasteiger partial charge in [0.2, 0.25) is 0 Å². The highest BCUT2D eigenvalue weighted by Crippen LogP contribution is 2.35. The molecule has 4 rings (SSSR count). The number of hydrogen-bond acceptors (Lipinski definition) is 8. The van der Waals surface area contributed by atoms with Crippen molar-refractivity contribution < 1.29 is 14.6 Å². The highest BCUT2D eigenvalue weighted by Gasteiger charge is 2.25. The lowest BCUT2D eigenvalue weighted by Crippen LogP contribution is -2.26. The second-order valence-electron chi connectivity index (χ2n) is 6.93. The molecule has 3 aromatic rings. The maximum absolute atomic E-state index is 9.95. The van der Waals surface area contributed by atoms with Gasteiger partial charge in [0.15, 0.2) is 17.2 Å². The standard InChI is InChI=1S/C21H21N5O3/c1-13-4-5-14(8-17(13)27)26-20-15-9-18(28-3)19(10-16(15)22-12-23-20)29-11-21(2)24-6-7-25-21/h4-10,12,27H,11H2,1-3H3,(H,22,23,26). The number of aliphatic imine (C=N–C) groups is 2. The van der Waals surface area contributed by atoms with Gasteiger partial charge in [0.1, 0.15) is 24.5 Å². The number of phenolic OH excluding ortho intramolecular Hbond substituents is 1. The van der Waals surface area contributed by atoms with E-state index in [-0.39, 0.29) is 12.4 Å². The minimum Gasteiger partial charge on any atom is -0.508 e. The van der Waals surface area contributed by atoms with E-state index in [1.54, 1.807) is 31.7 Å². The lowest BCUT2D eigenvalue weighted by molar-refractivity contribution is 0.231. The fraction of sp³-hybridized carbons (Fsp3) is 0.238. The molecule has 0 radical (unpaired) electrons. The minimum absolute atomic E-state index is 0.215. The summed E-state index contributed by atoms with van der Waals surface area (Å²) < 4.78 is 11.5. The van der Waals surface area contributed by atoms with Crippen molar-refractivity contribution >= 4 is 34.8 Å². The van der Waals surface area contributed by atoms with E-state index in [4.69, 9.17) is 9.47 Å². The smallest absolute Gasteiger partial charge is 0.180 e. The molecule has 0 aliphatic carbocycles. The van der Waals surface area contributed by atoms with Crippen LogP contribution < -0.4 is 14.8 Å². The van der Waals surface area contributed by atoms with Crippen LogP contribution >= 0.6 is 0 Å². The average molecular weight is 391 g/mol. The van der Waals surface area contributed by atoms with Crippen molar-refractivity contribution in [3.63, 3.8) is 0 Å². The zero-order valence-corrected chi connectivity index (χ0v) is 16.4. The van der Waals surface area contributed by atoms with Crippen molar-refractivity contribution in [2.45, 2.75) is 19.5 Å². The summed E-state index contributed by atoms with van der Waals surface area (Å²) in [6.45, 7) is 4.01. The number of nitrogens with zero attached hydrogens (tertiary/aromatic N) is 4. The summed E-state index contributed by atoms with van der Waals surface area (Å²) in [6, 6.07) is 8.99. The van der Waals surface area contributed by atoms with Gasteiger partial charge in [-0.2, -0.15) is 0 Å². The highest BCUT2D eigenvalue weighted by molar-refractivity contribution is 6.17. The molecule has 2 N–H and O–H groups in total. The highest BCUT2D eigenvalue weighted by atomic mass is 16.5. The van der Waals surface area contributed by atoms with Crippen molar-refractivity contribution in [3.05, 3.63) is 42.2 Å². The van der Waals surface area contributed by atoms with E-state index in [0.29, 0.717) is 22.8 Å². The van der Waals surface area contributed by atoms with Crippen molar-refractivity contribution in [1.82, 2.24) is 9.97 Å². The number of ether oxygens (including phenoxy) is 2. The van der Waals surface area contributed by atoms with E-state index in [1.165, 1.54) is 6.33 Å². The average Bonchev–Trinajstić information content (AvgIpc) is 3.15. The molecule has 8 nitrogen and oxygen atoms in total. The molecule has 0 unspecified atom stereocenters. The normalized spacial score (nSPS) is 14.3. The zero-order valence-electron chi connectivity index (χ0n) is 16.4. The van der Waals surface area contributed by atoms with E-state index < -0.39 is 5.66 Å². The molecule has 0 saturated heterocycles. The number of nitrogens with one attached hydrogen (secondary N) is 1. The van der Waals surface area contributed by atoms with Gasteiger partial charge in [0.25, 0.3) is 0 Å². The second kappa shape index (κ2) is 7.38. The Morgan fingerprint density at radius 2 is 1.86 bits per heavy atom. The van der Waals surface area contributed by atoms with Gasteiger partial charge in [-0.15, -0.1) is 0 Å². The van der Waals surface area contributed by atoms with Gasteiger partial charge in [0.05, 0.1) is 12.6 Å². The quantitative estimate of drug-likeness (QED) is 0.665. The van der Waals surface area contributed by atoms with Crippen LogP contribution in [0.2, 0.25) is 0 Å². The maximum atomic E-state index is 9.95. The fourth-order valence-electron chi connectivity index (χ4n) is 2.97. The van der Waals surface area contributed by atoms with E-state index in [0.717, 1.165) is 16.6 Å². The third kappa shape index (κ3) is 3.82. The molecule has 29 heavy (non-hydrogen) atoms. The molecule has 2 heterocycles. The molecule has 0 saturated carbocycles. The van der Waals surface area contributed by atoms with Crippen LogP contribution in [0.4, 0.5) is 11.5 Å². The van der Waals surface area contributed by atoms with E-state index in [1.807, 2.05) is 32.0 Å². The first-order valence-corrected chi connectivity index (χ1v) is 9.09. The molecule has 0 fully saturated rings. The second-order valence-corrected chi connectivity index (χ2v) is 6.93. The van der Waals surface area contributed by atoms with Crippen LogP contribution in [-0.4, -0.2) is 46.9 Å². The van der Waals surface area contributed by atoms with Crippen LogP contribution in [0.3, 0.4) is 0 Å². The lowest BCUT2D eigenvalue weighted by Gasteiger charge is -2.19. The Hall–Kier alpha value is -3.68. The van der Waals surface area contributed by atoms with Crippen LogP contribution in [0.1, 0.15) is 12.5 Å². The van der Waals surface area contributed by atoms with E-state index >= 15 is 0 Å². The minimum atomic E-state index is -0.633. The fourth-order valence-corrected chi connectivity index (χ4v) is 2.97. The molecule has 1 aliphatic heterocycles. The Morgan fingerprint density at radius 1 is 1.07 bits per heavy atom. The number of aromatic hydroxyl groups is 1. The van der Waals surface area contributed by atoms with E-state index in [9.17, 15) is 5.11 Å². The molecule has 0 amide bonds. The monoisotopic (exact) mass is 391 g/mol. The summed E-state index contributed by atoms with van der Waals surface area (Å²) in [5.74, 6) is 1.92. The van der Waals surface area contributed by atoms with Crippen molar-refractivity contribution in [3.8, 4) is 17.2 Å². The molecule has 1 aliphatic rings. The summed E-state index contributed by atoms with van der Waals surface area (Å²) in [4.78, 5) is 17.3. The predicted octanol–water partition coefficient (Wildman–Crippen LogP) is 3.65. The largest absolute Gasteiger partial charge is 0.508 e. The number of benzene rings is 2. The number of phenols is 1. The van der Waals surface area contributed by atoms with Crippen LogP contribution in [0, 0.1) is 6.92 Å². The molecule has 2 aromatic carbocycles. The van der Waals surface area contributed by atoms with Gasteiger partial charge >= 0.3 is 0 Å². The van der Waals surface area contributed by atoms with Gasteiger partial charge in [0, 0.05) is 35.6 Å².